The Bertz CT molecular complexity index is 622. The second kappa shape index (κ2) is 5.40. The van der Waals surface area contributed by atoms with Crippen LogP contribution in [0.25, 0.3) is 5.82 Å². The summed E-state index contributed by atoms with van der Waals surface area (Å²) in [6.45, 7) is 2.15. The second-order valence-corrected chi connectivity index (χ2v) is 4.75. The third kappa shape index (κ3) is 2.17. The first-order valence-corrected chi connectivity index (χ1v) is 6.16. The molecule has 6 nitrogen and oxygen atoms in total. The normalized spacial score (nSPS) is 16.4. The highest BCUT2D eigenvalue weighted by molar-refractivity contribution is 5.89. The van der Waals surface area contributed by atoms with Gasteiger partial charge in [0.2, 0.25) is 0 Å². The Balaban J connectivity index is 0.00000147. The molecule has 1 aliphatic rings. The van der Waals surface area contributed by atoms with Crippen molar-refractivity contribution in [3.63, 3.8) is 0 Å². The van der Waals surface area contributed by atoms with Gasteiger partial charge in [-0.15, -0.1) is 0 Å². The third-order valence-corrected chi connectivity index (χ3v) is 3.33. The van der Waals surface area contributed by atoms with E-state index in [4.69, 9.17) is 4.74 Å². The number of ether oxygens (including phenoxy) is 1. The number of nitrogens with zero attached hydrogens (tertiary/aromatic N) is 4. The maximum absolute atomic E-state index is 11.8. The van der Waals surface area contributed by atoms with Crippen molar-refractivity contribution < 1.29 is 9.53 Å². The minimum atomic E-state index is -0.395. The van der Waals surface area contributed by atoms with Crippen LogP contribution in [0.15, 0.2) is 18.6 Å². The smallest absolute Gasteiger partial charge is 0.358 e. The van der Waals surface area contributed by atoms with Gasteiger partial charge in [-0.25, -0.2) is 14.5 Å². The summed E-state index contributed by atoms with van der Waals surface area (Å²) in [5.74, 6) is 0.732. The van der Waals surface area contributed by atoms with Gasteiger partial charge in [0.05, 0.1) is 19.0 Å². The second-order valence-electron chi connectivity index (χ2n) is 4.75. The summed E-state index contributed by atoms with van der Waals surface area (Å²) in [4.78, 5) is 20.1. The van der Waals surface area contributed by atoms with Crippen molar-refractivity contribution in [3.05, 3.63) is 35.5 Å². The molecule has 106 valence electrons. The molecule has 20 heavy (non-hydrogen) atoms. The first-order chi connectivity index (χ1) is 9.20. The van der Waals surface area contributed by atoms with Crippen LogP contribution in [-0.2, 0) is 17.6 Å². The number of hydrogen-bond donors (Lipinski definition) is 0. The van der Waals surface area contributed by atoms with Crippen LogP contribution in [0, 0.1) is 5.92 Å². The largest absolute Gasteiger partial charge is 0.464 e. The zero-order valence-corrected chi connectivity index (χ0v) is 10.8. The SMILES string of the molecule is C.COC(=O)c1nn(-c2cnccn2)c2c1CC(C)C2. The van der Waals surface area contributed by atoms with Crippen LogP contribution in [0.3, 0.4) is 0 Å². The molecular weight excluding hydrogens is 256 g/mol. The summed E-state index contributed by atoms with van der Waals surface area (Å²) < 4.78 is 6.50. The van der Waals surface area contributed by atoms with Crippen LogP contribution in [0.4, 0.5) is 0 Å². The summed E-state index contributed by atoms with van der Waals surface area (Å²) in [7, 11) is 1.37. The zero-order valence-electron chi connectivity index (χ0n) is 10.8. The van der Waals surface area contributed by atoms with E-state index in [0.29, 0.717) is 17.4 Å². The van der Waals surface area contributed by atoms with E-state index in [0.717, 1.165) is 24.1 Å². The van der Waals surface area contributed by atoms with Crippen LogP contribution in [0.2, 0.25) is 0 Å². The van der Waals surface area contributed by atoms with E-state index in [9.17, 15) is 4.79 Å². The van der Waals surface area contributed by atoms with Crippen molar-refractivity contribution >= 4 is 5.97 Å². The molecule has 0 saturated heterocycles. The number of methoxy groups -OCH3 is 1. The Labute approximate surface area is 117 Å². The highest BCUT2D eigenvalue weighted by Gasteiger charge is 2.31. The predicted octanol–water partition coefficient (Wildman–Crippen LogP) is 1.82. The molecule has 0 N–H and O–H groups in total. The van der Waals surface area contributed by atoms with Gasteiger partial charge in [-0.2, -0.15) is 5.10 Å². The molecule has 0 amide bonds. The molecule has 1 atom stereocenters. The minimum absolute atomic E-state index is 0. The quantitative estimate of drug-likeness (QED) is 0.781. The lowest BCUT2D eigenvalue weighted by molar-refractivity contribution is 0.0592. The molecule has 0 radical (unpaired) electrons. The molecule has 0 aromatic carbocycles. The van der Waals surface area contributed by atoms with Gasteiger partial charge in [0.1, 0.15) is 0 Å². The minimum Gasteiger partial charge on any atom is -0.464 e. The topological polar surface area (TPSA) is 69.9 Å². The molecule has 0 bridgehead atoms. The maximum Gasteiger partial charge on any atom is 0.358 e. The van der Waals surface area contributed by atoms with Crippen molar-refractivity contribution in [1.29, 1.82) is 0 Å². The van der Waals surface area contributed by atoms with Gasteiger partial charge in [-0.1, -0.05) is 14.4 Å². The third-order valence-electron chi connectivity index (χ3n) is 3.33. The van der Waals surface area contributed by atoms with E-state index in [1.807, 2.05) is 0 Å². The van der Waals surface area contributed by atoms with Crippen LogP contribution in [0.1, 0.15) is 36.1 Å². The van der Waals surface area contributed by atoms with E-state index < -0.39 is 5.97 Å². The Morgan fingerprint density at radius 2 is 2.20 bits per heavy atom. The average molecular weight is 274 g/mol. The number of aromatic nitrogens is 4. The average Bonchev–Trinajstić information content (AvgIpc) is 2.96. The number of rotatable bonds is 2. The molecular formula is C14H18N4O2. The fourth-order valence-corrected chi connectivity index (χ4v) is 2.51. The van der Waals surface area contributed by atoms with Crippen molar-refractivity contribution in [2.75, 3.05) is 7.11 Å². The lowest BCUT2D eigenvalue weighted by atomic mass is 10.1. The Morgan fingerprint density at radius 1 is 1.40 bits per heavy atom. The summed E-state index contributed by atoms with van der Waals surface area (Å²) >= 11 is 0. The Morgan fingerprint density at radius 3 is 2.85 bits per heavy atom. The van der Waals surface area contributed by atoms with Gasteiger partial charge >= 0.3 is 5.97 Å². The van der Waals surface area contributed by atoms with Crippen LogP contribution in [0.5, 0.6) is 0 Å². The van der Waals surface area contributed by atoms with E-state index in [1.54, 1.807) is 23.3 Å². The number of esters is 1. The summed E-state index contributed by atoms with van der Waals surface area (Å²) in [5, 5.41) is 4.35. The Hall–Kier alpha value is -2.24. The van der Waals surface area contributed by atoms with Crippen LogP contribution in [-0.4, -0.2) is 32.8 Å². The molecule has 1 aliphatic carbocycles. The van der Waals surface area contributed by atoms with Gasteiger partial charge in [0, 0.05) is 18.0 Å². The molecule has 0 spiro atoms. The van der Waals surface area contributed by atoms with E-state index >= 15 is 0 Å². The standard InChI is InChI=1S/C13H14N4O2.CH4/c1-8-5-9-10(6-8)17(11-7-14-3-4-15-11)16-12(9)13(18)19-2;/h3-4,7-8H,5-6H2,1-2H3;1H4. The van der Waals surface area contributed by atoms with Gasteiger partial charge < -0.3 is 4.74 Å². The molecule has 1 unspecified atom stereocenters. The van der Waals surface area contributed by atoms with E-state index in [1.165, 1.54) is 7.11 Å². The van der Waals surface area contributed by atoms with Crippen molar-refractivity contribution in [2.24, 2.45) is 5.92 Å². The molecule has 0 fully saturated rings. The number of fused-ring (bicyclic) bond motifs is 1. The lowest BCUT2D eigenvalue weighted by Gasteiger charge is -2.04. The van der Waals surface area contributed by atoms with Crippen LogP contribution >= 0.6 is 0 Å². The fourth-order valence-electron chi connectivity index (χ4n) is 2.51. The van der Waals surface area contributed by atoms with Gasteiger partial charge in [0.15, 0.2) is 11.5 Å². The highest BCUT2D eigenvalue weighted by Crippen LogP contribution is 2.30. The molecule has 6 heteroatoms. The van der Waals surface area contributed by atoms with E-state index in [2.05, 4.69) is 22.0 Å². The van der Waals surface area contributed by atoms with Crippen molar-refractivity contribution in [1.82, 2.24) is 19.7 Å². The van der Waals surface area contributed by atoms with E-state index in [-0.39, 0.29) is 7.43 Å². The van der Waals surface area contributed by atoms with Crippen LogP contribution < -0.4 is 0 Å². The fraction of sp³-hybridized carbons (Fsp3) is 0.429. The molecule has 0 saturated carbocycles. The molecule has 0 aliphatic heterocycles. The number of hydrogen-bond acceptors (Lipinski definition) is 5. The van der Waals surface area contributed by atoms with Crippen molar-refractivity contribution in [2.45, 2.75) is 27.2 Å². The number of carbonyl (C=O) groups excluding carboxylic acids is 1. The molecule has 2 aromatic rings. The highest BCUT2D eigenvalue weighted by atomic mass is 16.5. The van der Waals surface area contributed by atoms with Crippen molar-refractivity contribution in [3.8, 4) is 5.82 Å². The van der Waals surface area contributed by atoms with Gasteiger partial charge in [-0.3, -0.25) is 4.98 Å². The zero-order chi connectivity index (χ0) is 13.4. The lowest BCUT2D eigenvalue weighted by Crippen LogP contribution is -2.09. The Kier molecular flexibility index (Phi) is 3.83. The first-order valence-electron chi connectivity index (χ1n) is 6.16. The van der Waals surface area contributed by atoms with Gasteiger partial charge in [0.25, 0.3) is 0 Å². The molecule has 3 rings (SSSR count). The first kappa shape index (κ1) is 14.2. The van der Waals surface area contributed by atoms with Gasteiger partial charge in [-0.05, 0) is 18.8 Å². The monoisotopic (exact) mass is 274 g/mol. The summed E-state index contributed by atoms with van der Waals surface area (Å²) in [6.07, 6.45) is 6.59. The molecule has 2 aromatic heterocycles. The number of carbonyl (C=O) groups is 1. The maximum atomic E-state index is 11.8. The molecule has 2 heterocycles. The summed E-state index contributed by atoms with van der Waals surface area (Å²) in [6, 6.07) is 0. The summed E-state index contributed by atoms with van der Waals surface area (Å²) in [5.41, 5.74) is 2.41. The predicted molar refractivity (Wildman–Crippen MR) is 73.8 cm³/mol.